The van der Waals surface area contributed by atoms with Crippen molar-refractivity contribution in [1.82, 2.24) is 0 Å². The summed E-state index contributed by atoms with van der Waals surface area (Å²) in [6.07, 6.45) is -3.53. The summed E-state index contributed by atoms with van der Waals surface area (Å²) in [7, 11) is -14.5. The molecule has 6 N–H and O–H groups in total. The van der Waals surface area contributed by atoms with Crippen LogP contribution in [0.5, 0.6) is 0 Å². The Morgan fingerprint density at radius 3 is 0.911 bits per heavy atom. The minimum Gasteiger partial charge on any atom is -0.384 e. The third kappa shape index (κ3) is 16.4. The number of ether oxygens (including phenoxy) is 3. The van der Waals surface area contributed by atoms with Crippen molar-refractivity contribution >= 4 is 22.8 Å². The van der Waals surface area contributed by atoms with E-state index in [1.165, 1.54) is 0 Å². The van der Waals surface area contributed by atoms with Crippen LogP contribution in [0.2, 0.25) is 0 Å². The number of aliphatic hydroxyl groups is 3. The van der Waals surface area contributed by atoms with Crippen molar-refractivity contribution in [1.29, 1.82) is 0 Å². The minimum atomic E-state index is -4.88. The first-order valence-electron chi connectivity index (χ1n) is 16.0. The molecular weight excluding hydrogens is 657 g/mol. The molecule has 0 aromatic heterocycles. The van der Waals surface area contributed by atoms with Crippen LogP contribution in [0.3, 0.4) is 0 Å². The molecule has 0 heterocycles. The fraction of sp³-hybridized carbons (Fsp3) is 1.00. The van der Waals surface area contributed by atoms with Gasteiger partial charge < -0.3 is 44.2 Å². The van der Waals surface area contributed by atoms with E-state index in [1.54, 1.807) is 0 Å². The van der Waals surface area contributed by atoms with Crippen molar-refractivity contribution in [2.24, 2.45) is 0 Å². The third-order valence-electron chi connectivity index (χ3n) is 7.26. The molecule has 1 aliphatic rings. The lowest BCUT2D eigenvalue weighted by Crippen LogP contribution is -2.67. The van der Waals surface area contributed by atoms with E-state index in [0.717, 1.165) is 57.8 Å². The maximum absolute atomic E-state index is 12.8. The third-order valence-corrected chi connectivity index (χ3v) is 10.1. The van der Waals surface area contributed by atoms with E-state index < -0.39 is 78.5 Å². The van der Waals surface area contributed by atoms with Crippen LogP contribution in [-0.4, -0.2) is 105 Å². The lowest BCUT2D eigenvalue weighted by atomic mass is 9.84. The summed E-state index contributed by atoms with van der Waals surface area (Å²) in [5, 5.41) is 28.8. The summed E-state index contributed by atoms with van der Waals surface area (Å²) < 4.78 is 73.1. The highest BCUT2D eigenvalue weighted by Crippen LogP contribution is 2.54. The van der Waals surface area contributed by atoms with Crippen LogP contribution >= 0.6 is 22.8 Å². The number of hydrogen-bond acceptors (Lipinski definition) is 12. The van der Waals surface area contributed by atoms with Crippen LogP contribution in [0.4, 0.5) is 0 Å². The van der Waals surface area contributed by atoms with Crippen molar-refractivity contribution < 1.29 is 71.5 Å². The second-order valence-electron chi connectivity index (χ2n) is 11.2. The standard InChI is InChI=1S/C27H57O15P3/c1-4-7-10-13-16-37-22-23(38-17-14-11-8-5-2)25(40-43(31,32)19-28)27(42-45(35,36)21-30)26(41-44(33,34)20-29)24(22)39-18-15-12-9-6-3/h22-30H,4-21H2,1-3H3,(H,31,32)(H,33,34)(H,35,36)/t22?,23-,24+,25+,26-,27?. The highest BCUT2D eigenvalue weighted by molar-refractivity contribution is 7.53. The minimum absolute atomic E-state index is 0.114. The van der Waals surface area contributed by atoms with E-state index in [0.29, 0.717) is 19.3 Å². The number of rotatable bonds is 27. The molecule has 270 valence electrons. The fourth-order valence-corrected chi connectivity index (χ4v) is 7.03. The van der Waals surface area contributed by atoms with E-state index in [1.807, 2.05) is 20.8 Å². The second-order valence-corrected chi connectivity index (χ2v) is 16.5. The first kappa shape index (κ1) is 43.2. The Kier molecular flexibility index (Phi) is 21.9. The Balaban J connectivity index is 3.76. The first-order chi connectivity index (χ1) is 21.3. The molecule has 1 saturated carbocycles. The van der Waals surface area contributed by atoms with Gasteiger partial charge in [-0.1, -0.05) is 78.6 Å². The quantitative estimate of drug-likeness (QED) is 0.0510. The van der Waals surface area contributed by atoms with Gasteiger partial charge in [-0.15, -0.1) is 0 Å². The van der Waals surface area contributed by atoms with Crippen molar-refractivity contribution in [3.8, 4) is 0 Å². The van der Waals surface area contributed by atoms with Crippen molar-refractivity contribution in [3.05, 3.63) is 0 Å². The molecule has 15 nitrogen and oxygen atoms in total. The summed E-state index contributed by atoms with van der Waals surface area (Å²) in [5.41, 5.74) is 0. The van der Waals surface area contributed by atoms with Crippen LogP contribution in [0, 0.1) is 0 Å². The Hall–Kier alpha value is 0.210. The largest absolute Gasteiger partial charge is 0.384 e. The molecule has 0 aromatic carbocycles. The van der Waals surface area contributed by atoms with E-state index in [-0.39, 0.29) is 19.8 Å². The van der Waals surface area contributed by atoms with Gasteiger partial charge in [-0.25, -0.2) is 0 Å². The smallest absolute Gasteiger partial charge is 0.353 e. The zero-order chi connectivity index (χ0) is 33.9. The Labute approximate surface area is 267 Å². The lowest BCUT2D eigenvalue weighted by Gasteiger charge is -2.49. The molecule has 18 heteroatoms. The van der Waals surface area contributed by atoms with Crippen LogP contribution in [0.25, 0.3) is 0 Å². The average molecular weight is 715 g/mol. The molecule has 1 rings (SSSR count). The molecule has 1 aliphatic carbocycles. The SMILES string of the molecule is CCCCCCOC1[C@@H](OCCCCCC)[C@H](OP(=O)(O)CO)C(OP(=O)(O)CO)[C@H](OP(=O)(O)CO)[C@H]1OCCCCCC. The molecule has 45 heavy (non-hydrogen) atoms. The molecule has 9 atom stereocenters. The Morgan fingerprint density at radius 2 is 0.667 bits per heavy atom. The van der Waals surface area contributed by atoms with Gasteiger partial charge >= 0.3 is 22.8 Å². The molecule has 0 aromatic rings. The normalized spacial score (nSPS) is 27.9. The predicted molar refractivity (Wildman–Crippen MR) is 167 cm³/mol. The molecule has 0 amide bonds. The van der Waals surface area contributed by atoms with Gasteiger partial charge in [-0.3, -0.25) is 27.3 Å². The molecule has 5 unspecified atom stereocenters. The van der Waals surface area contributed by atoms with E-state index in [4.69, 9.17) is 27.8 Å². The van der Waals surface area contributed by atoms with Crippen LogP contribution in [0.15, 0.2) is 0 Å². The zero-order valence-corrected chi connectivity index (χ0v) is 29.6. The van der Waals surface area contributed by atoms with Crippen LogP contribution < -0.4 is 0 Å². The van der Waals surface area contributed by atoms with Crippen molar-refractivity contribution in [2.45, 2.75) is 134 Å². The zero-order valence-electron chi connectivity index (χ0n) is 26.9. The molecule has 0 radical (unpaired) electrons. The Morgan fingerprint density at radius 1 is 0.422 bits per heavy atom. The summed E-state index contributed by atoms with van der Waals surface area (Å²) >= 11 is 0. The molecule has 0 spiro atoms. The van der Waals surface area contributed by atoms with E-state index >= 15 is 0 Å². The van der Waals surface area contributed by atoms with Crippen molar-refractivity contribution in [3.63, 3.8) is 0 Å². The van der Waals surface area contributed by atoms with Gasteiger partial charge in [-0.05, 0) is 19.3 Å². The van der Waals surface area contributed by atoms with Gasteiger partial charge in [0.1, 0.15) is 55.7 Å². The summed E-state index contributed by atoms with van der Waals surface area (Å²) in [5.74, 6) is 0. The molecule has 0 bridgehead atoms. The molecule has 0 aliphatic heterocycles. The first-order valence-corrected chi connectivity index (χ1v) is 21.3. The number of aliphatic hydroxyl groups excluding tert-OH is 3. The van der Waals surface area contributed by atoms with Gasteiger partial charge in [0.2, 0.25) is 0 Å². The second kappa shape index (κ2) is 22.8. The van der Waals surface area contributed by atoms with E-state index in [9.17, 15) is 43.7 Å². The summed E-state index contributed by atoms with van der Waals surface area (Å²) in [6, 6.07) is 0. The van der Waals surface area contributed by atoms with Gasteiger partial charge in [0.05, 0.1) is 0 Å². The average Bonchev–Trinajstić information content (AvgIpc) is 3.00. The maximum Gasteiger partial charge on any atom is 0.353 e. The highest BCUT2D eigenvalue weighted by Gasteiger charge is 2.59. The maximum atomic E-state index is 12.8. The summed E-state index contributed by atoms with van der Waals surface area (Å²) in [4.78, 5) is 31.0. The molecule has 0 saturated heterocycles. The van der Waals surface area contributed by atoms with Crippen LogP contribution in [0.1, 0.15) is 97.8 Å². The number of unbranched alkanes of at least 4 members (excludes halogenated alkanes) is 9. The molecular formula is C27H57O15P3. The highest BCUT2D eigenvalue weighted by atomic mass is 31.2. The molecule has 1 fully saturated rings. The fourth-order valence-electron chi connectivity index (χ4n) is 4.97. The van der Waals surface area contributed by atoms with Crippen LogP contribution in [-0.2, 0) is 41.5 Å². The van der Waals surface area contributed by atoms with Gasteiger partial charge in [0.15, 0.2) is 0 Å². The van der Waals surface area contributed by atoms with Crippen molar-refractivity contribution in [2.75, 3.05) is 38.9 Å². The Bertz CT molecular complexity index is 874. The number of hydrogen-bond donors (Lipinski definition) is 6. The van der Waals surface area contributed by atoms with E-state index in [2.05, 4.69) is 0 Å². The lowest BCUT2D eigenvalue weighted by molar-refractivity contribution is -0.245. The predicted octanol–water partition coefficient (Wildman–Crippen LogP) is 4.46. The monoisotopic (exact) mass is 714 g/mol. The van der Waals surface area contributed by atoms with Gasteiger partial charge in [0.25, 0.3) is 0 Å². The summed E-state index contributed by atoms with van der Waals surface area (Å²) in [6.45, 7) is 6.51. The van der Waals surface area contributed by atoms with Gasteiger partial charge in [0, 0.05) is 19.8 Å². The van der Waals surface area contributed by atoms with Gasteiger partial charge in [-0.2, -0.15) is 0 Å². The topological polar surface area (TPSA) is 228 Å².